The van der Waals surface area contributed by atoms with Gasteiger partial charge < -0.3 is 0 Å². The molecule has 0 amide bonds. The monoisotopic (exact) mass is 698 g/mol. The van der Waals surface area contributed by atoms with Gasteiger partial charge in [0.25, 0.3) is 0 Å². The summed E-state index contributed by atoms with van der Waals surface area (Å²) in [4.78, 5) is 12.2. The Labute approximate surface area is 267 Å². The number of rotatable bonds is 2. The normalized spacial score (nSPS) is 19.4. The zero-order valence-electron chi connectivity index (χ0n) is 22.2. The Hall–Kier alpha value is -1.46. The summed E-state index contributed by atoms with van der Waals surface area (Å²) in [5.41, 5.74) is 0. The van der Waals surface area contributed by atoms with E-state index in [0.29, 0.717) is 10.5 Å². The summed E-state index contributed by atoms with van der Waals surface area (Å²) in [6.07, 6.45) is 4.02. The Kier molecular flexibility index (Phi) is 10.6. The van der Waals surface area contributed by atoms with E-state index < -0.39 is 20.5 Å². The Bertz CT molecular complexity index is 1350. The Morgan fingerprint density at radius 2 is 0.674 bits per heavy atom. The molecular weight excluding hydrogens is 675 g/mol. The smallest absolute Gasteiger partial charge is 0.177 e. The average Bonchev–Trinajstić information content (AvgIpc) is 3.41. The lowest BCUT2D eigenvalue weighted by molar-refractivity contribution is -2.00. The van der Waals surface area contributed by atoms with Gasteiger partial charge in [0, 0.05) is 12.8 Å². The fourth-order valence-corrected chi connectivity index (χ4v) is 14.9. The van der Waals surface area contributed by atoms with Crippen LogP contribution in [0.2, 0.25) is 0 Å². The maximum absolute atomic E-state index is 8.49. The molecule has 7 rings (SSSR count). The molecule has 0 spiro atoms. The predicted molar refractivity (Wildman–Crippen MR) is 143 cm³/mol. The first-order chi connectivity index (χ1) is 20.4. The summed E-state index contributed by atoms with van der Waals surface area (Å²) < 4.78 is 67.9. The minimum Gasteiger partial charge on any atom is -0.222 e. The molecule has 3 aliphatic rings. The van der Waals surface area contributed by atoms with Crippen LogP contribution in [0.15, 0.2) is 136 Å². The van der Waals surface area contributed by atoms with Crippen LogP contribution in [-0.2, 0) is 21.8 Å². The van der Waals surface area contributed by atoms with Gasteiger partial charge in [0.2, 0.25) is 0 Å². The average molecular weight is 700 g/mol. The molecule has 43 heavy (non-hydrogen) atoms. The van der Waals surface area contributed by atoms with E-state index in [2.05, 4.69) is 97.1 Å². The van der Waals surface area contributed by atoms with Gasteiger partial charge in [-0.2, -0.15) is 0 Å². The van der Waals surface area contributed by atoms with Crippen molar-refractivity contribution in [2.24, 2.45) is 0 Å². The van der Waals surface area contributed by atoms with Crippen LogP contribution in [0.3, 0.4) is 0 Å². The Morgan fingerprint density at radius 1 is 0.442 bits per heavy atom. The van der Waals surface area contributed by atoms with Crippen LogP contribution in [-0.4, -0.2) is 10.5 Å². The van der Waals surface area contributed by atoms with E-state index in [1.54, 1.807) is 19.6 Å². The SMILES string of the molecule is [O-][Cl+3]([O-])([O-])[O-].[O-][Cl+3]([O-])([O-])[O-].c1ccc2c(c1)Sc1ccccc1[S+]2[C@@H]1CCC[C@H]1[S+]1c2ccccc2Sc2ccccc21. The van der Waals surface area contributed by atoms with Crippen LogP contribution in [0.4, 0.5) is 0 Å². The molecule has 4 aromatic carbocycles. The second kappa shape index (κ2) is 13.9. The molecule has 0 radical (unpaired) electrons. The minimum absolute atomic E-state index is 0.124. The summed E-state index contributed by atoms with van der Waals surface area (Å²) in [7, 11) is -9.64. The third-order valence-corrected chi connectivity index (χ3v) is 15.4. The highest BCUT2D eigenvalue weighted by molar-refractivity contribution is 8.06. The maximum atomic E-state index is 8.49. The zero-order valence-corrected chi connectivity index (χ0v) is 26.9. The van der Waals surface area contributed by atoms with Crippen LogP contribution in [0.1, 0.15) is 19.3 Å². The number of hydrogen-bond acceptors (Lipinski definition) is 10. The van der Waals surface area contributed by atoms with E-state index in [1.807, 2.05) is 23.5 Å². The van der Waals surface area contributed by atoms with Crippen LogP contribution in [0, 0.1) is 20.5 Å². The molecule has 14 heteroatoms. The second-order valence-electron chi connectivity index (χ2n) is 9.43. The van der Waals surface area contributed by atoms with Crippen LogP contribution >= 0.6 is 23.5 Å². The van der Waals surface area contributed by atoms with Crippen LogP contribution in [0.5, 0.6) is 0 Å². The lowest BCUT2D eigenvalue weighted by Crippen LogP contribution is -2.68. The molecule has 0 N–H and O–H groups in total. The molecule has 2 aliphatic heterocycles. The van der Waals surface area contributed by atoms with E-state index in [-0.39, 0.29) is 21.8 Å². The summed E-state index contributed by atoms with van der Waals surface area (Å²) in [5, 5.41) is 1.39. The summed E-state index contributed by atoms with van der Waals surface area (Å²) >= 11 is 3.93. The van der Waals surface area contributed by atoms with Gasteiger partial charge in [-0.15, -0.1) is 20.5 Å². The van der Waals surface area contributed by atoms with Crippen molar-refractivity contribution in [3.05, 3.63) is 97.1 Å². The first-order valence-electron chi connectivity index (χ1n) is 12.8. The van der Waals surface area contributed by atoms with Gasteiger partial charge in [-0.3, -0.25) is 0 Å². The highest BCUT2D eigenvalue weighted by Gasteiger charge is 2.57. The van der Waals surface area contributed by atoms with Crippen molar-refractivity contribution in [1.29, 1.82) is 0 Å². The van der Waals surface area contributed by atoms with Crippen LogP contribution < -0.4 is 37.3 Å². The molecule has 226 valence electrons. The number of fused-ring (bicyclic) bond motifs is 4. The molecule has 8 nitrogen and oxygen atoms in total. The van der Waals surface area contributed by atoms with Gasteiger partial charge in [0.05, 0.1) is 41.4 Å². The van der Waals surface area contributed by atoms with Gasteiger partial charge >= 0.3 is 0 Å². The fraction of sp³-hybridized carbons (Fsp3) is 0.172. The largest absolute Gasteiger partial charge is 0.222 e. The Balaban J connectivity index is 0.000000322. The summed E-state index contributed by atoms with van der Waals surface area (Å²) in [6.45, 7) is 0. The molecule has 1 saturated carbocycles. The third kappa shape index (κ3) is 8.43. The lowest BCUT2D eigenvalue weighted by Gasteiger charge is -2.28. The minimum atomic E-state index is -4.94. The molecule has 0 unspecified atom stereocenters. The molecule has 2 heterocycles. The lowest BCUT2D eigenvalue weighted by atomic mass is 10.3. The van der Waals surface area contributed by atoms with E-state index in [0.717, 1.165) is 0 Å². The number of halogens is 2. The van der Waals surface area contributed by atoms with Crippen LogP contribution in [0.25, 0.3) is 0 Å². The molecule has 0 saturated heterocycles. The highest BCUT2D eigenvalue weighted by Crippen LogP contribution is 2.54. The van der Waals surface area contributed by atoms with Gasteiger partial charge in [-0.1, -0.05) is 72.1 Å². The van der Waals surface area contributed by atoms with Crippen molar-refractivity contribution in [3.8, 4) is 0 Å². The maximum Gasteiger partial charge on any atom is 0.177 e. The first kappa shape index (κ1) is 32.9. The molecular formula is C29H24Cl2O8S4. The van der Waals surface area contributed by atoms with Gasteiger partial charge in [0.15, 0.2) is 30.1 Å². The molecule has 0 bridgehead atoms. The van der Waals surface area contributed by atoms with Crippen molar-refractivity contribution in [2.75, 3.05) is 0 Å². The highest BCUT2D eigenvalue weighted by atomic mass is 35.7. The van der Waals surface area contributed by atoms with Gasteiger partial charge in [0.1, 0.15) is 0 Å². The molecule has 0 aromatic heterocycles. The fourth-order valence-electron chi connectivity index (χ4n) is 5.42. The molecule has 2 atom stereocenters. The van der Waals surface area contributed by atoms with Gasteiger partial charge in [-0.05, 0) is 55.0 Å². The van der Waals surface area contributed by atoms with Crippen molar-refractivity contribution in [2.45, 2.75) is 68.9 Å². The molecule has 4 aromatic rings. The topological polar surface area (TPSA) is 184 Å². The molecule has 1 aliphatic carbocycles. The van der Waals surface area contributed by atoms with Crippen molar-refractivity contribution in [1.82, 2.24) is 0 Å². The molecule has 1 fully saturated rings. The Morgan fingerprint density at radius 3 is 0.930 bits per heavy atom. The number of hydrogen-bond donors (Lipinski definition) is 0. The van der Waals surface area contributed by atoms with Crippen molar-refractivity contribution < 1.29 is 57.8 Å². The van der Waals surface area contributed by atoms with E-state index >= 15 is 0 Å². The second-order valence-corrected chi connectivity index (χ2v) is 17.4. The first-order valence-corrected chi connectivity index (χ1v) is 19.5. The zero-order chi connectivity index (χ0) is 30.8. The van der Waals surface area contributed by atoms with E-state index in [4.69, 9.17) is 37.3 Å². The van der Waals surface area contributed by atoms with E-state index in [1.165, 1.54) is 38.8 Å². The van der Waals surface area contributed by atoms with Crippen molar-refractivity contribution >= 4 is 45.3 Å². The quantitative estimate of drug-likeness (QED) is 0.230. The van der Waals surface area contributed by atoms with Gasteiger partial charge in [-0.25, -0.2) is 37.3 Å². The van der Waals surface area contributed by atoms with E-state index in [9.17, 15) is 0 Å². The summed E-state index contributed by atoms with van der Waals surface area (Å²) in [5.74, 6) is 0. The summed E-state index contributed by atoms with van der Waals surface area (Å²) in [6, 6.07) is 36.8. The van der Waals surface area contributed by atoms with Crippen molar-refractivity contribution in [3.63, 3.8) is 0 Å². The predicted octanol–water partition coefficient (Wildman–Crippen LogP) is -1.20. The number of benzene rings is 4. The third-order valence-electron chi connectivity index (χ3n) is 6.78. The standard InChI is InChI=1S/C29H24S4.2ClHO4/c1-5-14-24-20(10-1)30-21-11-2-6-15-25(21)32(24)28-18-9-19-29(28)33-26-16-7-3-12-22(26)31-23-13-4-8-17-27(23)33;2*2-1(3,4)5/h1-8,10-17,28-29H,9,18-19H2;2*(H,2,3,4,5)/q+2;;/p-2/t28-,29-;;/m1../s1.